The smallest absolute Gasteiger partial charge is 0.450 e. The number of anilines is 1. The second-order valence-corrected chi connectivity index (χ2v) is 12.7. The number of primary amides is 1. The number of nitrogens with one attached hydrogen (secondary N) is 5. The van der Waals surface area contributed by atoms with E-state index in [1.807, 2.05) is 0 Å². The Kier molecular flexibility index (Phi) is 20.4. The number of carbonyl (C=O) groups is 6. The molecule has 0 saturated carbocycles. The zero-order valence-corrected chi connectivity index (χ0v) is 28.7. The van der Waals surface area contributed by atoms with Crippen LogP contribution < -0.4 is 32.3 Å². The lowest BCUT2D eigenvalue weighted by atomic mass is 10.0. The third-order valence-corrected chi connectivity index (χ3v) is 8.78. The van der Waals surface area contributed by atoms with Gasteiger partial charge in [-0.2, -0.15) is 0 Å². The van der Waals surface area contributed by atoms with Gasteiger partial charge in [-0.15, -0.1) is 11.8 Å². The van der Waals surface area contributed by atoms with Crippen LogP contribution in [0.1, 0.15) is 84.6 Å². The van der Waals surface area contributed by atoms with Crippen molar-refractivity contribution >= 4 is 53.3 Å². The second-order valence-electron chi connectivity index (χ2n) is 11.4. The second kappa shape index (κ2) is 23.3. The molecule has 0 aliphatic rings. The zero-order valence-electron chi connectivity index (χ0n) is 27.9. The molecule has 0 aliphatic heterocycles. The van der Waals surface area contributed by atoms with Crippen LogP contribution in [0, 0.1) is 5.92 Å². The Balaban J connectivity index is 2.66. The minimum atomic E-state index is -1.40. The van der Waals surface area contributed by atoms with E-state index < -0.39 is 36.1 Å². The van der Waals surface area contributed by atoms with Crippen LogP contribution in [0.4, 0.5) is 15.3 Å². The summed E-state index contributed by atoms with van der Waals surface area (Å²) in [6.45, 7) is 8.40. The Morgan fingerprint density at radius 1 is 0.851 bits per heavy atom. The van der Waals surface area contributed by atoms with Gasteiger partial charge in [-0.25, -0.2) is 9.59 Å². The minimum absolute atomic E-state index is 0.0162. The predicted octanol–water partition coefficient (Wildman–Crippen LogP) is 3.49. The summed E-state index contributed by atoms with van der Waals surface area (Å²) >= 11 is 1.67. The first-order chi connectivity index (χ1) is 22.4. The Bertz CT molecular complexity index is 1150. The molecular weight excluding hydrogens is 628 g/mol. The molecule has 0 spiro atoms. The third-order valence-electron chi connectivity index (χ3n) is 7.21. The maximum Gasteiger partial charge on any atom is 0.506 e. The molecule has 2 atom stereocenters. The van der Waals surface area contributed by atoms with E-state index in [0.717, 1.165) is 25.7 Å². The summed E-state index contributed by atoms with van der Waals surface area (Å²) in [4.78, 5) is 72.9. The number of unbranched alkanes of at least 4 members (excludes halogenated alkanes) is 2. The maximum atomic E-state index is 13.3. The van der Waals surface area contributed by atoms with Crippen molar-refractivity contribution in [1.29, 1.82) is 0 Å². The Morgan fingerprint density at radius 3 is 2.11 bits per heavy atom. The van der Waals surface area contributed by atoms with Crippen molar-refractivity contribution in [3.63, 3.8) is 0 Å². The van der Waals surface area contributed by atoms with Crippen LogP contribution in [0.5, 0.6) is 0 Å². The number of hydrogen-bond donors (Lipinski definition) is 7. The number of nitrogens with two attached hydrogens (primary N) is 1. The summed E-state index contributed by atoms with van der Waals surface area (Å²) in [6.07, 6.45) is 3.46. The molecule has 0 heterocycles. The van der Waals surface area contributed by atoms with Crippen molar-refractivity contribution in [2.24, 2.45) is 11.7 Å². The molecule has 1 rings (SSSR count). The Morgan fingerprint density at radius 2 is 1.51 bits per heavy atom. The normalized spacial score (nSPS) is 12.1. The summed E-state index contributed by atoms with van der Waals surface area (Å²) in [7, 11) is 0. The minimum Gasteiger partial charge on any atom is -0.450 e. The van der Waals surface area contributed by atoms with Crippen molar-refractivity contribution in [3.05, 3.63) is 29.8 Å². The lowest BCUT2D eigenvalue weighted by Crippen LogP contribution is -2.54. The van der Waals surface area contributed by atoms with E-state index in [2.05, 4.69) is 45.2 Å². The van der Waals surface area contributed by atoms with Crippen molar-refractivity contribution in [2.45, 2.75) is 103 Å². The zero-order chi connectivity index (χ0) is 35.2. The van der Waals surface area contributed by atoms with Crippen molar-refractivity contribution in [3.8, 4) is 0 Å². The van der Waals surface area contributed by atoms with Crippen molar-refractivity contribution in [1.82, 2.24) is 21.3 Å². The van der Waals surface area contributed by atoms with Crippen LogP contribution in [0.25, 0.3) is 0 Å². The van der Waals surface area contributed by atoms with Gasteiger partial charge in [-0.3, -0.25) is 19.2 Å². The van der Waals surface area contributed by atoms with Gasteiger partial charge in [0.05, 0.1) is 5.75 Å². The third kappa shape index (κ3) is 18.7. The summed E-state index contributed by atoms with van der Waals surface area (Å²) in [5.41, 5.74) is 6.12. The number of carboxylic acid groups (broad SMARTS) is 1. The standard InChI is InChI=1S/C32H52N6O8S/c1-5-24(6-2)47-20-27(40)34-17-9-7-8-12-26(39)38-28(21(3)4)30(42)37-25(11-10-18-35-31(33)43)29(41)36-23-15-13-22(14-16-23)19-46-32(44)45/h13-16,21,24-25,28H,5-12,17-20H2,1-4H3,(H,34,40)(H,36,41)(H,37,42)(H,38,39)(H,44,45)(H3,33,35,43). The molecule has 0 bridgehead atoms. The highest BCUT2D eigenvalue weighted by Crippen LogP contribution is 2.17. The van der Waals surface area contributed by atoms with E-state index in [1.54, 1.807) is 49.9 Å². The largest absolute Gasteiger partial charge is 0.506 e. The number of carbonyl (C=O) groups excluding carboxylic acids is 5. The first-order valence-electron chi connectivity index (χ1n) is 16.1. The highest BCUT2D eigenvalue weighted by molar-refractivity contribution is 8.00. The average molecular weight is 681 g/mol. The van der Waals surface area contributed by atoms with E-state index in [9.17, 15) is 28.8 Å². The molecule has 1 aromatic carbocycles. The number of thioether (sulfide) groups is 1. The highest BCUT2D eigenvalue weighted by Gasteiger charge is 2.28. The van der Waals surface area contributed by atoms with Crippen LogP contribution in [0.3, 0.4) is 0 Å². The van der Waals surface area contributed by atoms with Gasteiger partial charge in [-0.05, 0) is 62.1 Å². The number of ether oxygens (including phenoxy) is 1. The van der Waals surface area contributed by atoms with Gasteiger partial charge in [0, 0.05) is 30.4 Å². The summed E-state index contributed by atoms with van der Waals surface area (Å²) in [6, 6.07) is 3.75. The van der Waals surface area contributed by atoms with E-state index in [-0.39, 0.29) is 43.7 Å². The fourth-order valence-corrected chi connectivity index (χ4v) is 5.43. The first kappa shape index (κ1) is 41.0. The number of urea groups is 1. The van der Waals surface area contributed by atoms with Crippen LogP contribution >= 0.6 is 11.8 Å². The van der Waals surface area contributed by atoms with E-state index in [1.165, 1.54) is 0 Å². The number of hydrogen-bond acceptors (Lipinski definition) is 8. The number of benzene rings is 1. The lowest BCUT2D eigenvalue weighted by Gasteiger charge is -2.25. The van der Waals surface area contributed by atoms with Crippen LogP contribution in [-0.4, -0.2) is 77.1 Å². The molecule has 47 heavy (non-hydrogen) atoms. The van der Waals surface area contributed by atoms with Gasteiger partial charge in [-0.1, -0.05) is 46.2 Å². The molecule has 6 amide bonds. The van der Waals surface area contributed by atoms with Gasteiger partial charge >= 0.3 is 12.2 Å². The van der Waals surface area contributed by atoms with Gasteiger partial charge in [0.25, 0.3) is 0 Å². The molecule has 1 aromatic rings. The molecule has 14 nitrogen and oxygen atoms in total. The SMILES string of the molecule is CCC(CC)SCC(=O)NCCCCCC(=O)NC(C(=O)NC(CCCNC(N)=O)C(=O)Nc1ccc(COC(=O)O)cc1)C(C)C. The fraction of sp³-hybridized carbons (Fsp3) is 0.625. The topological polar surface area (TPSA) is 218 Å². The Hall–Kier alpha value is -4.01. The maximum absolute atomic E-state index is 13.3. The summed E-state index contributed by atoms with van der Waals surface area (Å²) in [5.74, 6) is -1.13. The predicted molar refractivity (Wildman–Crippen MR) is 182 cm³/mol. The first-order valence-corrected chi connectivity index (χ1v) is 17.2. The lowest BCUT2D eigenvalue weighted by molar-refractivity contribution is -0.132. The molecule has 15 heteroatoms. The van der Waals surface area contributed by atoms with E-state index >= 15 is 0 Å². The fourth-order valence-electron chi connectivity index (χ4n) is 4.47. The van der Waals surface area contributed by atoms with Gasteiger partial charge < -0.3 is 42.2 Å². The molecule has 0 radical (unpaired) electrons. The average Bonchev–Trinajstić information content (AvgIpc) is 3.02. The van der Waals surface area contributed by atoms with E-state index in [4.69, 9.17) is 10.8 Å². The quantitative estimate of drug-likeness (QED) is 0.0664. The van der Waals surface area contributed by atoms with Crippen LogP contribution in [0.15, 0.2) is 24.3 Å². The highest BCUT2D eigenvalue weighted by atomic mass is 32.2. The van der Waals surface area contributed by atoms with Crippen LogP contribution in [0.2, 0.25) is 0 Å². The molecule has 0 aliphatic carbocycles. The Labute approximate surface area is 281 Å². The molecule has 0 saturated heterocycles. The van der Waals surface area contributed by atoms with Crippen molar-refractivity contribution in [2.75, 3.05) is 24.2 Å². The number of amides is 6. The number of rotatable bonds is 23. The van der Waals surface area contributed by atoms with Gasteiger partial charge in [0.15, 0.2) is 0 Å². The van der Waals surface area contributed by atoms with Crippen LogP contribution in [-0.2, 0) is 30.5 Å². The van der Waals surface area contributed by atoms with Gasteiger partial charge in [0.1, 0.15) is 18.7 Å². The molecule has 264 valence electrons. The molecule has 8 N–H and O–H groups in total. The summed E-state index contributed by atoms with van der Waals surface area (Å²) < 4.78 is 4.53. The molecular formula is C32H52N6O8S. The summed E-state index contributed by atoms with van der Waals surface area (Å²) in [5, 5.41) is 22.8. The monoisotopic (exact) mass is 680 g/mol. The van der Waals surface area contributed by atoms with Crippen molar-refractivity contribution < 1.29 is 38.6 Å². The molecule has 2 unspecified atom stereocenters. The van der Waals surface area contributed by atoms with Gasteiger partial charge in [0.2, 0.25) is 23.6 Å². The molecule has 0 fully saturated rings. The van der Waals surface area contributed by atoms with E-state index in [0.29, 0.717) is 41.6 Å². The molecule has 0 aromatic heterocycles.